The lowest BCUT2D eigenvalue weighted by atomic mass is 10.0. The summed E-state index contributed by atoms with van der Waals surface area (Å²) in [6.07, 6.45) is 41.6. The molecule has 17 rings (SSSR count). The topological polar surface area (TPSA) is 522 Å². The van der Waals surface area contributed by atoms with Gasteiger partial charge in [-0.05, 0) is 153 Å². The molecule has 3 aromatic heterocycles. The summed E-state index contributed by atoms with van der Waals surface area (Å²) in [5, 5.41) is 70.0. The summed E-state index contributed by atoms with van der Waals surface area (Å²) < 4.78 is 53.9. The third kappa shape index (κ3) is 53.9. The van der Waals surface area contributed by atoms with Gasteiger partial charge in [-0.2, -0.15) is 19.8 Å². The molecule has 3 aromatic rings. The second kappa shape index (κ2) is 64.4. The number of amides is 4. The van der Waals surface area contributed by atoms with E-state index in [0.29, 0.717) is 73.2 Å². The Labute approximate surface area is 672 Å². The van der Waals surface area contributed by atoms with Gasteiger partial charge in [0.15, 0.2) is 9.84 Å². The number of likely N-dealkylation sites (N-methyl/N-ethyl adjacent to an activating group) is 1. The molecule has 15 N–H and O–H groups in total. The van der Waals surface area contributed by atoms with E-state index in [1.165, 1.54) is 89.0 Å². The zero-order valence-corrected chi connectivity index (χ0v) is 70.1. The molecule has 0 radical (unpaired) electrons. The summed E-state index contributed by atoms with van der Waals surface area (Å²) in [7, 11) is -3.79. The third-order valence-electron chi connectivity index (χ3n) is 19.5. The quantitative estimate of drug-likeness (QED) is 0.178. The molecule has 644 valence electrons. The number of aromatic nitrogens is 7. The van der Waals surface area contributed by atoms with Gasteiger partial charge in [0.25, 0.3) is 0 Å². The lowest BCUT2D eigenvalue weighted by Crippen LogP contribution is -2.45. The number of H-pyrrole nitrogens is 3. The molecule has 113 heavy (non-hydrogen) atoms. The van der Waals surface area contributed by atoms with E-state index in [2.05, 4.69) is 100 Å². The fourth-order valence-electron chi connectivity index (χ4n) is 12.9. The number of allylic oxidation sites excluding steroid dienone is 1. The van der Waals surface area contributed by atoms with E-state index in [9.17, 15) is 45.3 Å². The first kappa shape index (κ1) is 102. The van der Waals surface area contributed by atoms with Crippen molar-refractivity contribution in [2.75, 3.05) is 128 Å². The molecule has 35 nitrogen and oxygen atoms in total. The first-order valence-electron chi connectivity index (χ1n) is 40.2. The Morgan fingerprint density at radius 1 is 0.690 bits per heavy atom. The van der Waals surface area contributed by atoms with Crippen LogP contribution in [0.2, 0.25) is 0 Å². The number of nitrogens with zero attached hydrogens (tertiary/aromatic N) is 10. The van der Waals surface area contributed by atoms with E-state index in [4.69, 9.17) is 30.6 Å². The Kier molecular flexibility index (Phi) is 58.3. The fourth-order valence-corrected chi connectivity index (χ4v) is 18.0. The lowest BCUT2D eigenvalue weighted by Gasteiger charge is -2.25. The van der Waals surface area contributed by atoms with Gasteiger partial charge in [0, 0.05) is 163 Å². The van der Waals surface area contributed by atoms with Crippen molar-refractivity contribution in [1.82, 2.24) is 76.8 Å². The van der Waals surface area contributed by atoms with Crippen LogP contribution in [0, 0.1) is 17.8 Å². The van der Waals surface area contributed by atoms with Crippen molar-refractivity contribution in [3.05, 3.63) is 61.4 Å². The molecular formula is C75H136N20O15S3. The predicted molar refractivity (Wildman–Crippen MR) is 438 cm³/mol. The van der Waals surface area contributed by atoms with Crippen LogP contribution < -0.4 is 37.6 Å². The number of aliphatic hydroxyl groups is 4. The molecule has 9 saturated heterocycles. The van der Waals surface area contributed by atoms with Crippen LogP contribution in [0.15, 0.2) is 70.1 Å². The van der Waals surface area contributed by atoms with Crippen molar-refractivity contribution >= 4 is 71.7 Å². The number of primary amides is 1. The highest BCUT2D eigenvalue weighted by molar-refractivity contribution is 7.92. The average molecular weight is 1650 g/mol. The maximum atomic E-state index is 11.0. The molecule has 12 fully saturated rings. The van der Waals surface area contributed by atoms with Gasteiger partial charge in [0.2, 0.25) is 23.6 Å². The van der Waals surface area contributed by atoms with Crippen molar-refractivity contribution in [1.29, 1.82) is 0 Å². The number of piperazine rings is 3. The summed E-state index contributed by atoms with van der Waals surface area (Å²) in [5.74, 6) is 6.68. The smallest absolute Gasteiger partial charge is 0.373 e. The molecule has 0 aromatic carbocycles. The summed E-state index contributed by atoms with van der Waals surface area (Å²) in [5.41, 5.74) is 7.27. The van der Waals surface area contributed by atoms with E-state index in [1.807, 2.05) is 38.2 Å². The maximum Gasteiger partial charge on any atom is 0.373 e. The first-order chi connectivity index (χ1) is 54.3. The van der Waals surface area contributed by atoms with Gasteiger partial charge in [-0.1, -0.05) is 51.5 Å². The molecule has 11 aliphatic heterocycles. The zero-order valence-electron chi connectivity index (χ0n) is 67.6. The van der Waals surface area contributed by atoms with Gasteiger partial charge in [-0.15, -0.1) is 5.10 Å². The van der Waals surface area contributed by atoms with E-state index in [-0.39, 0.29) is 59.8 Å². The second-order valence-electron chi connectivity index (χ2n) is 29.0. The van der Waals surface area contributed by atoms with Crippen LogP contribution in [-0.4, -0.2) is 285 Å². The van der Waals surface area contributed by atoms with Gasteiger partial charge < -0.3 is 77.8 Å². The van der Waals surface area contributed by atoms with E-state index in [0.717, 1.165) is 178 Å². The number of imidazole rings is 2. The van der Waals surface area contributed by atoms with Gasteiger partial charge in [0.1, 0.15) is 47.3 Å². The Morgan fingerprint density at radius 2 is 1.28 bits per heavy atom. The van der Waals surface area contributed by atoms with E-state index >= 15 is 0 Å². The number of nitrogens with one attached hydrogen (secondary N) is 9. The monoisotopic (exact) mass is 1650 g/mol. The molecule has 4 unspecified atom stereocenters. The van der Waals surface area contributed by atoms with Crippen LogP contribution in [-0.2, 0) is 72.3 Å². The lowest BCUT2D eigenvalue weighted by molar-refractivity contribution is -0.191. The average Bonchev–Trinajstić information content (AvgIpc) is 1.64. The minimum absolute atomic E-state index is 0.00694. The molecule has 4 bridgehead atoms. The van der Waals surface area contributed by atoms with Crippen LogP contribution in [0.1, 0.15) is 193 Å². The minimum Gasteiger partial charge on any atom is -0.396 e. The standard InChI is InChI=1S/C7H13NO.C6H12N2O.C6H11NO.C6H10O2S.C6H12O.C5H10N2O.C5H8N2.C5H11NO.C5H7N.C5H10O2S.C5H10OS.C4H6N2O.C4H8N2O.C3H5N3.C2H3N3.CO2/c9-7-3-5-1-2-6(4-7)8-5;1-6(9)8-4-2-7-3-5-8;7-6(8)5-3-1-2-4-5;7-9(8)4-5-1-2-6(9)3-5;7-5-6-3-1-2-4-6;1-7-3-2-6-4-5(7)8;1-2-5-6-3-4-7-5;7-5-1-3-6-4-2-5;1-5-3-2-4-6-5;6-8(7)4-2-1-3-5-8;6-7-4-2-1-3-5-7;7-3-4-5-1-2-6-4;7-4-3-5-1-2-6-4;1-3-2-4-6-5-3;1-3-2-5-4-1;2-1-3/h5-9H,1-4H2;7H,2-5H2,1H3;5H,1-4H2,(H2,7,8);5-6H,1-4H2;6-7H,1-5H2;6H,2-4H2,1H3;3-4H,2H2,1H3,(H,6,7);5-7H,1-4H2;2,4H,3H2,1H3;1-5H2;1-5H2;1-2,7H,3H2,(H,5,6);5H,1-3H2,(H,6,7);2H2,1H3;1-2H,(H,3,4,5);. The molecule has 38 heteroatoms. The first-order valence-corrected chi connectivity index (χ1v) is 45.2. The number of aliphatic hydroxyl groups excluding tert-OH is 4. The Bertz CT molecular complexity index is 3200. The molecule has 14 aliphatic rings. The SMILES string of the molecule is CC(=O)N1CCNCC1.CC1=NC=CC1.CC1=NN=NC1.CCc1ncc[nH]1.CN1CCNCC1=O.NC(=O)C1CCCC1.O=C1CNCCN1.O=C=O.O=S1(=O)CC2CCC1C2.O=S1(=O)CCCCC1.O=S1CCCCC1.OC1CC2CCC(C1)N2.OC1CCNCC1.OCC1CCCC1.OCc1ncc[nH]1.c1nc[nH]n1. The van der Waals surface area contributed by atoms with Gasteiger partial charge in [-0.25, -0.2) is 31.8 Å². The number of nitrogens with two attached hydrogens (primary N) is 1. The van der Waals surface area contributed by atoms with Crippen molar-refractivity contribution in [3.63, 3.8) is 0 Å². The highest BCUT2D eigenvalue weighted by atomic mass is 32.2. The number of carbonyl (C=O) groups excluding carboxylic acids is 6. The number of hydrogen-bond acceptors (Lipinski definition) is 28. The van der Waals surface area contributed by atoms with Crippen LogP contribution in [0.4, 0.5) is 0 Å². The maximum absolute atomic E-state index is 11.0. The number of rotatable bonds is 4. The van der Waals surface area contributed by atoms with Crippen molar-refractivity contribution in [3.8, 4) is 0 Å². The van der Waals surface area contributed by atoms with E-state index < -0.39 is 30.5 Å². The van der Waals surface area contributed by atoms with Crippen molar-refractivity contribution in [2.24, 2.45) is 43.9 Å². The summed E-state index contributed by atoms with van der Waals surface area (Å²) in [6.45, 7) is 18.8. The zero-order chi connectivity index (χ0) is 83.2. The van der Waals surface area contributed by atoms with E-state index in [1.54, 1.807) is 30.4 Å². The minimum atomic E-state index is -2.59. The number of aryl methyl sites for hydroxylation is 1. The number of piperidine rings is 2. The highest BCUT2D eigenvalue weighted by Gasteiger charge is 2.43. The molecule has 3 saturated carbocycles. The summed E-state index contributed by atoms with van der Waals surface area (Å²) >= 11 is 0. The predicted octanol–water partition coefficient (Wildman–Crippen LogP) is 3.39. The van der Waals surface area contributed by atoms with Gasteiger partial charge in [0.05, 0.1) is 53.5 Å². The van der Waals surface area contributed by atoms with Crippen LogP contribution >= 0.6 is 0 Å². The van der Waals surface area contributed by atoms with Crippen LogP contribution in [0.3, 0.4) is 0 Å². The number of aliphatic imine (C=N–C) groups is 1. The summed E-state index contributed by atoms with van der Waals surface area (Å²) in [4.78, 5) is 82.8. The highest BCUT2D eigenvalue weighted by Crippen LogP contribution is 2.39. The number of carbonyl (C=O) groups is 4. The number of aromatic amines is 3. The molecule has 4 amide bonds. The van der Waals surface area contributed by atoms with Gasteiger partial charge >= 0.3 is 6.15 Å². The third-order valence-corrected chi connectivity index (χ3v) is 25.2. The number of sulfone groups is 2. The summed E-state index contributed by atoms with van der Waals surface area (Å²) in [6, 6.07) is 1.28. The van der Waals surface area contributed by atoms with Crippen molar-refractivity contribution in [2.45, 2.75) is 224 Å². The van der Waals surface area contributed by atoms with Crippen LogP contribution in [0.5, 0.6) is 0 Å². The molecule has 0 spiro atoms. The van der Waals surface area contributed by atoms with Crippen molar-refractivity contribution < 1.29 is 70.2 Å². The normalized spacial score (nSPS) is 23.6. The molecule has 4 atom stereocenters. The largest absolute Gasteiger partial charge is 0.396 e. The number of hydrogen-bond donors (Lipinski definition) is 14. The molecular weight excluding hydrogens is 1520 g/mol. The fraction of sp³-hybridized carbons (Fsp3) is 0.773. The number of fused-ring (bicyclic) bond motifs is 4. The molecule has 14 heterocycles. The van der Waals surface area contributed by atoms with Crippen LogP contribution in [0.25, 0.3) is 0 Å². The Balaban J connectivity index is 0.000000411. The molecule has 3 aliphatic carbocycles. The Morgan fingerprint density at radius 3 is 1.56 bits per heavy atom. The van der Waals surface area contributed by atoms with Gasteiger partial charge in [-0.3, -0.25) is 33.5 Å². The Hall–Kier alpha value is -6.81. The second-order valence-corrected chi connectivity index (χ2v) is 35.3.